The van der Waals surface area contributed by atoms with Crippen LogP contribution in [0, 0.1) is 0 Å². The number of halogens is 2. The van der Waals surface area contributed by atoms with E-state index in [0.717, 1.165) is 43.6 Å². The lowest BCUT2D eigenvalue weighted by atomic mass is 10.1. The molecule has 0 spiro atoms. The summed E-state index contributed by atoms with van der Waals surface area (Å²) in [7, 11) is 0. The standard InChI is InChI=1S/C20H25N3.2ClH/c1-3-23(4-2)15-9-14-21-20-16-10-5-7-12-18(16)22-19-13-8-6-11-17(19)20;;/h5-8,10-13H,3-4,9,14-15H2,1-2H3,(H,21,22);2*1H. The summed E-state index contributed by atoms with van der Waals surface area (Å²) in [5, 5.41) is 6.07. The Balaban J connectivity index is 0.00000156. The molecule has 25 heavy (non-hydrogen) atoms. The monoisotopic (exact) mass is 379 g/mol. The van der Waals surface area contributed by atoms with Gasteiger partial charge in [-0.3, -0.25) is 0 Å². The summed E-state index contributed by atoms with van der Waals surface area (Å²) in [4.78, 5) is 7.24. The van der Waals surface area contributed by atoms with Crippen molar-refractivity contribution in [3.63, 3.8) is 0 Å². The fourth-order valence-corrected chi connectivity index (χ4v) is 3.09. The van der Waals surface area contributed by atoms with Crippen LogP contribution in [0.1, 0.15) is 20.3 Å². The number of aromatic nitrogens is 1. The van der Waals surface area contributed by atoms with E-state index in [4.69, 9.17) is 4.98 Å². The number of pyridine rings is 1. The first-order valence-electron chi connectivity index (χ1n) is 8.57. The SMILES string of the molecule is CCN(CC)CCCNc1c2ccccc2nc2ccccc12.Cl.Cl. The van der Waals surface area contributed by atoms with Crippen LogP contribution < -0.4 is 5.32 Å². The average Bonchev–Trinajstić information content (AvgIpc) is 2.61. The summed E-state index contributed by atoms with van der Waals surface area (Å²) in [5.41, 5.74) is 3.32. The number of hydrogen-bond acceptors (Lipinski definition) is 3. The van der Waals surface area contributed by atoms with Crippen molar-refractivity contribution >= 4 is 52.3 Å². The second kappa shape index (κ2) is 10.4. The predicted octanol–water partition coefficient (Wildman–Crippen LogP) is 5.38. The van der Waals surface area contributed by atoms with Gasteiger partial charge >= 0.3 is 0 Å². The molecule has 0 aliphatic rings. The lowest BCUT2D eigenvalue weighted by Gasteiger charge is -2.18. The molecule has 0 saturated carbocycles. The van der Waals surface area contributed by atoms with Gasteiger partial charge in [-0.2, -0.15) is 0 Å². The van der Waals surface area contributed by atoms with Crippen LogP contribution in [0.4, 0.5) is 5.69 Å². The molecule has 1 N–H and O–H groups in total. The number of rotatable bonds is 7. The number of para-hydroxylation sites is 2. The summed E-state index contributed by atoms with van der Waals surface area (Å²) in [6.45, 7) is 8.81. The van der Waals surface area contributed by atoms with Gasteiger partial charge in [0.15, 0.2) is 0 Å². The Morgan fingerprint density at radius 3 is 1.88 bits per heavy atom. The van der Waals surface area contributed by atoms with Crippen molar-refractivity contribution in [3.05, 3.63) is 48.5 Å². The van der Waals surface area contributed by atoms with Crippen molar-refractivity contribution in [1.82, 2.24) is 9.88 Å². The third kappa shape index (κ3) is 4.97. The Hall–Kier alpha value is -1.55. The quantitative estimate of drug-likeness (QED) is 0.441. The third-order valence-corrected chi connectivity index (χ3v) is 4.44. The Kier molecular flexibility index (Phi) is 8.98. The van der Waals surface area contributed by atoms with Crippen molar-refractivity contribution in [2.24, 2.45) is 0 Å². The largest absolute Gasteiger partial charge is 0.384 e. The van der Waals surface area contributed by atoms with Gasteiger partial charge in [0, 0.05) is 17.3 Å². The van der Waals surface area contributed by atoms with Crippen LogP contribution in [0.5, 0.6) is 0 Å². The smallest absolute Gasteiger partial charge is 0.0730 e. The second-order valence-corrected chi connectivity index (χ2v) is 5.83. The lowest BCUT2D eigenvalue weighted by Crippen LogP contribution is -2.25. The van der Waals surface area contributed by atoms with E-state index in [9.17, 15) is 0 Å². The first-order valence-corrected chi connectivity index (χ1v) is 8.57. The number of benzene rings is 2. The predicted molar refractivity (Wildman–Crippen MR) is 115 cm³/mol. The van der Waals surface area contributed by atoms with Gasteiger partial charge in [0.2, 0.25) is 0 Å². The Morgan fingerprint density at radius 1 is 0.840 bits per heavy atom. The van der Waals surface area contributed by atoms with Crippen LogP contribution in [-0.4, -0.2) is 36.1 Å². The molecule has 1 heterocycles. The van der Waals surface area contributed by atoms with E-state index in [-0.39, 0.29) is 24.8 Å². The van der Waals surface area contributed by atoms with Crippen LogP contribution in [0.3, 0.4) is 0 Å². The number of hydrogen-bond donors (Lipinski definition) is 1. The molecule has 0 aliphatic carbocycles. The van der Waals surface area contributed by atoms with Gasteiger partial charge in [-0.05, 0) is 38.2 Å². The van der Waals surface area contributed by atoms with E-state index in [1.165, 1.54) is 16.5 Å². The molecule has 3 rings (SSSR count). The first kappa shape index (κ1) is 21.5. The zero-order valence-corrected chi connectivity index (χ0v) is 16.5. The number of nitrogens with zero attached hydrogens (tertiary/aromatic N) is 2. The van der Waals surface area contributed by atoms with Crippen molar-refractivity contribution in [3.8, 4) is 0 Å². The van der Waals surface area contributed by atoms with Crippen molar-refractivity contribution < 1.29 is 0 Å². The molecule has 0 aliphatic heterocycles. The molecule has 0 unspecified atom stereocenters. The number of fused-ring (bicyclic) bond motifs is 2. The molecule has 0 bridgehead atoms. The van der Waals surface area contributed by atoms with Crippen molar-refractivity contribution in [2.75, 3.05) is 31.5 Å². The summed E-state index contributed by atoms with van der Waals surface area (Å²) < 4.78 is 0. The zero-order valence-electron chi connectivity index (χ0n) is 14.9. The van der Waals surface area contributed by atoms with E-state index in [1.807, 2.05) is 12.1 Å². The molecule has 1 aromatic heterocycles. The molecular weight excluding hydrogens is 353 g/mol. The first-order chi connectivity index (χ1) is 11.3. The van der Waals surface area contributed by atoms with E-state index in [1.54, 1.807) is 0 Å². The second-order valence-electron chi connectivity index (χ2n) is 5.83. The molecule has 0 fully saturated rings. The Bertz CT molecular complexity index is 734. The van der Waals surface area contributed by atoms with Gasteiger partial charge in [-0.15, -0.1) is 24.8 Å². The van der Waals surface area contributed by atoms with E-state index in [0.29, 0.717) is 0 Å². The highest BCUT2D eigenvalue weighted by molar-refractivity contribution is 6.07. The molecule has 136 valence electrons. The minimum atomic E-state index is 0. The molecule has 0 saturated heterocycles. The average molecular weight is 380 g/mol. The number of nitrogens with one attached hydrogen (secondary N) is 1. The normalized spacial score (nSPS) is 10.5. The van der Waals surface area contributed by atoms with Crippen molar-refractivity contribution in [1.29, 1.82) is 0 Å². The summed E-state index contributed by atoms with van der Waals surface area (Å²) in [6.07, 6.45) is 1.15. The van der Waals surface area contributed by atoms with Crippen LogP contribution in [0.2, 0.25) is 0 Å². The van der Waals surface area contributed by atoms with Gasteiger partial charge < -0.3 is 10.2 Å². The highest BCUT2D eigenvalue weighted by Gasteiger charge is 2.08. The zero-order chi connectivity index (χ0) is 16.1. The van der Waals surface area contributed by atoms with Gasteiger partial charge in [-0.25, -0.2) is 4.98 Å². The van der Waals surface area contributed by atoms with Gasteiger partial charge in [0.05, 0.1) is 16.7 Å². The summed E-state index contributed by atoms with van der Waals surface area (Å²) >= 11 is 0. The minimum absolute atomic E-state index is 0. The highest BCUT2D eigenvalue weighted by atomic mass is 35.5. The highest BCUT2D eigenvalue weighted by Crippen LogP contribution is 2.30. The molecule has 0 amide bonds. The maximum Gasteiger partial charge on any atom is 0.0730 e. The molecule has 2 aromatic carbocycles. The van der Waals surface area contributed by atoms with Crippen LogP contribution in [-0.2, 0) is 0 Å². The lowest BCUT2D eigenvalue weighted by molar-refractivity contribution is 0.303. The number of anilines is 1. The van der Waals surface area contributed by atoms with Gasteiger partial charge in [0.1, 0.15) is 0 Å². The van der Waals surface area contributed by atoms with Crippen LogP contribution >= 0.6 is 24.8 Å². The van der Waals surface area contributed by atoms with Crippen LogP contribution in [0.15, 0.2) is 48.5 Å². The topological polar surface area (TPSA) is 28.2 Å². The summed E-state index contributed by atoms with van der Waals surface area (Å²) in [5.74, 6) is 0. The fourth-order valence-electron chi connectivity index (χ4n) is 3.09. The maximum atomic E-state index is 4.77. The molecule has 5 heteroatoms. The molecule has 3 aromatic rings. The van der Waals surface area contributed by atoms with Crippen molar-refractivity contribution in [2.45, 2.75) is 20.3 Å². The maximum absolute atomic E-state index is 4.77. The van der Waals surface area contributed by atoms with Gasteiger partial charge in [0.25, 0.3) is 0 Å². The molecule has 3 nitrogen and oxygen atoms in total. The Labute approximate surface area is 162 Å². The Morgan fingerprint density at radius 2 is 1.36 bits per heavy atom. The molecule has 0 radical (unpaired) electrons. The minimum Gasteiger partial charge on any atom is -0.384 e. The molecular formula is C20H27Cl2N3. The van der Waals surface area contributed by atoms with E-state index < -0.39 is 0 Å². The summed E-state index contributed by atoms with van der Waals surface area (Å²) in [6, 6.07) is 16.7. The fraction of sp³-hybridized carbons (Fsp3) is 0.350. The van der Waals surface area contributed by atoms with Gasteiger partial charge in [-0.1, -0.05) is 50.2 Å². The molecule has 0 atom stereocenters. The third-order valence-electron chi connectivity index (χ3n) is 4.44. The van der Waals surface area contributed by atoms with Crippen LogP contribution in [0.25, 0.3) is 21.8 Å². The van der Waals surface area contributed by atoms with E-state index >= 15 is 0 Å². The van der Waals surface area contributed by atoms with E-state index in [2.05, 4.69) is 60.5 Å².